The minimum Gasteiger partial charge on any atom is -0.375 e. The molecule has 9 nitrogen and oxygen atoms in total. The van der Waals surface area contributed by atoms with Crippen molar-refractivity contribution in [3.8, 4) is 0 Å². The van der Waals surface area contributed by atoms with Crippen LogP contribution in [0.25, 0.3) is 0 Å². The number of hydroxylamine groups is 2. The Morgan fingerprint density at radius 2 is 1.32 bits per heavy atom. The minimum atomic E-state index is -3.71. The van der Waals surface area contributed by atoms with Crippen molar-refractivity contribution in [2.45, 2.75) is 104 Å². The summed E-state index contributed by atoms with van der Waals surface area (Å²) in [6.45, 7) is 10.4. The molecule has 0 radical (unpaired) electrons. The smallest absolute Gasteiger partial charge is 0.327 e. The van der Waals surface area contributed by atoms with Gasteiger partial charge < -0.3 is 23.6 Å². The maximum absolute atomic E-state index is 12.2. The summed E-state index contributed by atoms with van der Waals surface area (Å²) >= 11 is 0. The number of hydrogen-bond donors (Lipinski definition) is 1. The lowest BCUT2D eigenvalue weighted by Crippen LogP contribution is -2.49. The van der Waals surface area contributed by atoms with Crippen molar-refractivity contribution in [2.75, 3.05) is 46.2 Å². The van der Waals surface area contributed by atoms with Gasteiger partial charge in [-0.25, -0.2) is 5.06 Å². The molecule has 0 saturated carbocycles. The molecular weight excluding hydrogens is 461 g/mol. The Labute approximate surface area is 207 Å². The van der Waals surface area contributed by atoms with Gasteiger partial charge in [-0.1, -0.05) is 53.4 Å². The second kappa shape index (κ2) is 21.7. The Kier molecular flexibility index (Phi) is 21.4. The third kappa shape index (κ3) is 16.2. The average molecular weight is 512 g/mol. The van der Waals surface area contributed by atoms with Crippen molar-refractivity contribution >= 4 is 14.0 Å². The number of carbonyl (C=O) groups excluding carboxylic acids is 1. The van der Waals surface area contributed by atoms with Gasteiger partial charge in [0.25, 0.3) is 0 Å². The summed E-state index contributed by atoms with van der Waals surface area (Å²) in [7, 11) is -2.48. The number of amides is 1. The van der Waals surface area contributed by atoms with Gasteiger partial charge in [-0.05, 0) is 32.1 Å². The van der Waals surface area contributed by atoms with Gasteiger partial charge in [0.15, 0.2) is 0 Å². The Morgan fingerprint density at radius 3 is 1.82 bits per heavy atom. The van der Waals surface area contributed by atoms with E-state index in [-0.39, 0.29) is 19.1 Å². The second-order valence-corrected chi connectivity index (χ2v) is 10.5. The lowest BCUT2D eigenvalue weighted by atomic mass is 10.0. The fourth-order valence-corrected chi connectivity index (χ4v) is 3.94. The van der Waals surface area contributed by atoms with Crippen molar-refractivity contribution in [2.24, 2.45) is 0 Å². The van der Waals surface area contributed by atoms with E-state index in [4.69, 9.17) is 23.6 Å². The molecule has 0 heterocycles. The molecule has 0 saturated heterocycles. The quantitative estimate of drug-likeness (QED) is 0.0794. The summed E-state index contributed by atoms with van der Waals surface area (Å²) < 4.78 is 35.6. The van der Waals surface area contributed by atoms with Gasteiger partial charge in [-0.3, -0.25) is 14.2 Å². The van der Waals surface area contributed by atoms with E-state index in [1.54, 1.807) is 0 Å². The van der Waals surface area contributed by atoms with Gasteiger partial charge in [0, 0.05) is 26.9 Å². The van der Waals surface area contributed by atoms with Crippen LogP contribution in [0.5, 0.6) is 0 Å². The van der Waals surface area contributed by atoms with Crippen LogP contribution in [0.1, 0.15) is 85.5 Å². The van der Waals surface area contributed by atoms with Crippen LogP contribution < -0.4 is 0 Å². The number of unbranched alkanes of at least 4 members (excludes halogenated alkanes) is 4. The molecule has 0 aliphatic heterocycles. The van der Waals surface area contributed by atoms with E-state index < -0.39 is 25.9 Å². The van der Waals surface area contributed by atoms with E-state index in [1.807, 2.05) is 0 Å². The number of hydrogen-bond acceptors (Lipinski definition) is 7. The summed E-state index contributed by atoms with van der Waals surface area (Å²) in [5, 5.41) is 1.26. The van der Waals surface area contributed by atoms with Gasteiger partial charge in [-0.2, -0.15) is 0 Å². The minimum absolute atomic E-state index is 0.0556. The highest BCUT2D eigenvalue weighted by atomic mass is 31.2. The van der Waals surface area contributed by atoms with E-state index in [0.717, 1.165) is 51.4 Å². The molecule has 34 heavy (non-hydrogen) atoms. The van der Waals surface area contributed by atoms with E-state index in [2.05, 4.69) is 27.7 Å². The first kappa shape index (κ1) is 33.5. The van der Waals surface area contributed by atoms with Gasteiger partial charge >= 0.3 is 7.60 Å². The standard InChI is InChI=1S/C24H50NO8P/c1-6-10-15-30-22(14-19-34(27,28)29-5)24(32-17-12-8-3)23(31-16-11-7-2)20-25(21-26)33-18-13-9-4/h21-24H,6-20H2,1-5H3,(H,27,28)/t22-,23-,24-/m1/s1. The molecule has 1 amide bonds. The van der Waals surface area contributed by atoms with E-state index in [9.17, 15) is 14.3 Å². The number of ether oxygens (including phenoxy) is 3. The highest BCUT2D eigenvalue weighted by Gasteiger charge is 2.35. The lowest BCUT2D eigenvalue weighted by molar-refractivity contribution is -0.201. The molecule has 0 aliphatic rings. The Balaban J connectivity index is 5.77. The molecule has 0 aromatic rings. The molecule has 0 spiro atoms. The molecule has 4 atom stereocenters. The lowest BCUT2D eigenvalue weighted by Gasteiger charge is -2.35. The molecule has 0 bridgehead atoms. The van der Waals surface area contributed by atoms with Crippen LogP contribution in [-0.2, 0) is 32.9 Å². The van der Waals surface area contributed by atoms with Crippen LogP contribution in [0.3, 0.4) is 0 Å². The normalized spacial score (nSPS) is 16.1. The SMILES string of the molecule is CCCCO[C@H]([C@@H](CCP(=O)(O)OC)OCCCC)[C@@H](CN(C=O)OCCCC)OCCCC. The van der Waals surface area contributed by atoms with Crippen LogP contribution in [0.15, 0.2) is 0 Å². The molecule has 1 unspecified atom stereocenters. The van der Waals surface area contributed by atoms with Gasteiger partial charge in [0.05, 0.1) is 25.4 Å². The highest BCUT2D eigenvalue weighted by molar-refractivity contribution is 7.52. The number of nitrogens with zero attached hydrogens (tertiary/aromatic N) is 1. The topological polar surface area (TPSA) is 104 Å². The monoisotopic (exact) mass is 511 g/mol. The zero-order chi connectivity index (χ0) is 25.7. The maximum Gasteiger partial charge on any atom is 0.327 e. The van der Waals surface area contributed by atoms with Crippen LogP contribution in [0, 0.1) is 0 Å². The Hall–Kier alpha value is -0.540. The first-order valence-corrected chi connectivity index (χ1v) is 14.7. The number of rotatable bonds is 25. The number of carbonyl (C=O) groups is 1. The molecule has 0 rings (SSSR count). The van der Waals surface area contributed by atoms with Crippen molar-refractivity contribution in [3.05, 3.63) is 0 Å². The fraction of sp³-hybridized carbons (Fsp3) is 0.958. The summed E-state index contributed by atoms with van der Waals surface area (Å²) in [6, 6.07) is 0. The summed E-state index contributed by atoms with van der Waals surface area (Å²) in [5.41, 5.74) is 0. The predicted octanol–water partition coefficient (Wildman–Crippen LogP) is 4.95. The maximum atomic E-state index is 12.2. The molecule has 204 valence electrons. The second-order valence-electron chi connectivity index (χ2n) is 8.44. The van der Waals surface area contributed by atoms with Crippen molar-refractivity contribution < 1.29 is 37.8 Å². The largest absolute Gasteiger partial charge is 0.375 e. The van der Waals surface area contributed by atoms with E-state index in [1.165, 1.54) is 12.2 Å². The molecular formula is C24H50NO8P. The first-order valence-electron chi connectivity index (χ1n) is 13.0. The molecule has 0 aromatic carbocycles. The Morgan fingerprint density at radius 1 is 0.824 bits per heavy atom. The van der Waals surface area contributed by atoms with Crippen molar-refractivity contribution in [3.63, 3.8) is 0 Å². The third-order valence-electron chi connectivity index (χ3n) is 5.41. The third-order valence-corrected chi connectivity index (χ3v) is 6.81. The average Bonchev–Trinajstić information content (AvgIpc) is 2.83. The van der Waals surface area contributed by atoms with Crippen molar-refractivity contribution in [1.29, 1.82) is 0 Å². The van der Waals surface area contributed by atoms with Gasteiger partial charge in [0.1, 0.15) is 12.2 Å². The van der Waals surface area contributed by atoms with Crippen molar-refractivity contribution in [1.82, 2.24) is 5.06 Å². The summed E-state index contributed by atoms with van der Waals surface area (Å²) in [4.78, 5) is 27.3. The Bertz CT molecular complexity index is 525. The molecule has 10 heteroatoms. The van der Waals surface area contributed by atoms with E-state index in [0.29, 0.717) is 32.8 Å². The molecule has 0 aliphatic carbocycles. The summed E-state index contributed by atoms with van der Waals surface area (Å²) in [6.07, 6.45) is 6.63. The zero-order valence-corrected chi connectivity index (χ0v) is 23.0. The van der Waals surface area contributed by atoms with Gasteiger partial charge in [0.2, 0.25) is 6.41 Å². The fourth-order valence-electron chi connectivity index (χ4n) is 3.18. The first-order chi connectivity index (χ1) is 16.4. The molecule has 0 aromatic heterocycles. The molecule has 1 N–H and O–H groups in total. The van der Waals surface area contributed by atoms with Crippen LogP contribution >= 0.6 is 7.60 Å². The van der Waals surface area contributed by atoms with Gasteiger partial charge in [-0.15, -0.1) is 0 Å². The highest BCUT2D eigenvalue weighted by Crippen LogP contribution is 2.42. The zero-order valence-electron chi connectivity index (χ0n) is 22.1. The van der Waals surface area contributed by atoms with Crippen LogP contribution in [-0.4, -0.2) is 80.9 Å². The van der Waals surface area contributed by atoms with E-state index >= 15 is 0 Å². The predicted molar refractivity (Wildman–Crippen MR) is 134 cm³/mol. The van der Waals surface area contributed by atoms with Crippen LogP contribution in [0.2, 0.25) is 0 Å². The summed E-state index contributed by atoms with van der Waals surface area (Å²) in [5.74, 6) is 0. The molecule has 0 fully saturated rings. The van der Waals surface area contributed by atoms with Crippen LogP contribution in [0.4, 0.5) is 0 Å².